The minimum Gasteiger partial charge on any atom is -0.314 e. The minimum absolute atomic E-state index is 0.156. The Kier molecular flexibility index (Phi) is 8.20. The molecule has 0 aromatic carbocycles. The maximum Gasteiger partial charge on any atom is 0.0683 e. The molecule has 0 saturated heterocycles. The maximum atomic E-state index is 8.89. The Morgan fingerprint density at radius 2 is 1.94 bits per heavy atom. The number of nitrogens with one attached hydrogen (secondary N) is 1. The molecule has 0 saturated carbocycles. The van der Waals surface area contributed by atoms with Crippen molar-refractivity contribution in [2.24, 2.45) is 5.41 Å². The minimum atomic E-state index is -0.156. The molecule has 0 rings (SSSR count). The molecule has 100 valence electrons. The average molecular weight is 239 g/mol. The highest BCUT2D eigenvalue weighted by Crippen LogP contribution is 2.21. The van der Waals surface area contributed by atoms with Crippen LogP contribution in [0.4, 0.5) is 0 Å². The van der Waals surface area contributed by atoms with Gasteiger partial charge in [0, 0.05) is 6.04 Å². The standard InChI is InChI=1S/C14H29N3/c1-13(8-11-17(4)5)16-10-7-6-9-14(2,3)12-15/h13,16H,6-11H2,1-5H3. The third kappa shape index (κ3) is 10.3. The highest BCUT2D eigenvalue weighted by molar-refractivity contribution is 4.91. The Morgan fingerprint density at radius 1 is 1.29 bits per heavy atom. The van der Waals surface area contributed by atoms with E-state index in [0.717, 1.165) is 32.4 Å². The summed E-state index contributed by atoms with van der Waals surface area (Å²) in [6, 6.07) is 2.93. The second-order valence-corrected chi connectivity index (χ2v) is 5.90. The molecule has 1 atom stereocenters. The molecule has 0 fully saturated rings. The van der Waals surface area contributed by atoms with Crippen LogP contribution in [0.1, 0.15) is 46.5 Å². The van der Waals surface area contributed by atoms with Gasteiger partial charge >= 0.3 is 0 Å². The zero-order valence-corrected chi connectivity index (χ0v) is 12.2. The Morgan fingerprint density at radius 3 is 2.47 bits per heavy atom. The Labute approximate surface area is 107 Å². The molecule has 0 heterocycles. The summed E-state index contributed by atoms with van der Waals surface area (Å²) < 4.78 is 0. The Balaban J connectivity index is 3.43. The molecule has 0 aliphatic heterocycles. The lowest BCUT2D eigenvalue weighted by Gasteiger charge is -2.18. The highest BCUT2D eigenvalue weighted by atomic mass is 15.1. The second kappa shape index (κ2) is 8.49. The van der Waals surface area contributed by atoms with Gasteiger partial charge in [0.25, 0.3) is 0 Å². The molecule has 0 amide bonds. The molecule has 0 radical (unpaired) electrons. The van der Waals surface area contributed by atoms with E-state index in [1.54, 1.807) is 0 Å². The van der Waals surface area contributed by atoms with E-state index in [1.165, 1.54) is 6.42 Å². The van der Waals surface area contributed by atoms with Gasteiger partial charge in [-0.15, -0.1) is 0 Å². The first-order valence-electron chi connectivity index (χ1n) is 6.67. The van der Waals surface area contributed by atoms with Crippen molar-refractivity contribution in [2.75, 3.05) is 27.2 Å². The van der Waals surface area contributed by atoms with Crippen LogP contribution in [0.15, 0.2) is 0 Å². The number of hydrogen-bond donors (Lipinski definition) is 1. The molecule has 0 spiro atoms. The van der Waals surface area contributed by atoms with Gasteiger partial charge in [-0.3, -0.25) is 0 Å². The van der Waals surface area contributed by atoms with Crippen LogP contribution >= 0.6 is 0 Å². The molecule has 17 heavy (non-hydrogen) atoms. The van der Waals surface area contributed by atoms with Gasteiger partial charge in [-0.1, -0.05) is 6.42 Å². The zero-order chi connectivity index (χ0) is 13.3. The lowest BCUT2D eigenvalue weighted by Crippen LogP contribution is -2.30. The molecule has 1 unspecified atom stereocenters. The normalized spacial score (nSPS) is 13.7. The number of rotatable bonds is 9. The van der Waals surface area contributed by atoms with E-state index in [-0.39, 0.29) is 5.41 Å². The number of unbranched alkanes of at least 4 members (excludes halogenated alkanes) is 1. The summed E-state index contributed by atoms with van der Waals surface area (Å²) >= 11 is 0. The van der Waals surface area contributed by atoms with Crippen molar-refractivity contribution in [3.8, 4) is 6.07 Å². The lowest BCUT2D eigenvalue weighted by molar-refractivity contribution is 0.361. The van der Waals surface area contributed by atoms with Gasteiger partial charge in [0.1, 0.15) is 0 Å². The van der Waals surface area contributed by atoms with E-state index in [9.17, 15) is 0 Å². The van der Waals surface area contributed by atoms with E-state index in [4.69, 9.17) is 5.26 Å². The first kappa shape index (κ1) is 16.4. The van der Waals surface area contributed by atoms with Crippen LogP contribution in [0, 0.1) is 16.7 Å². The van der Waals surface area contributed by atoms with Crippen molar-refractivity contribution in [1.29, 1.82) is 5.26 Å². The first-order valence-corrected chi connectivity index (χ1v) is 6.67. The van der Waals surface area contributed by atoms with Crippen LogP contribution in [0.25, 0.3) is 0 Å². The van der Waals surface area contributed by atoms with Crippen LogP contribution in [0.2, 0.25) is 0 Å². The SMILES string of the molecule is CC(CCN(C)C)NCCCCC(C)(C)C#N. The van der Waals surface area contributed by atoms with Crippen LogP contribution in [-0.4, -0.2) is 38.1 Å². The maximum absolute atomic E-state index is 8.89. The van der Waals surface area contributed by atoms with Crippen LogP contribution in [0.3, 0.4) is 0 Å². The fourth-order valence-corrected chi connectivity index (χ4v) is 1.65. The number of hydrogen-bond acceptors (Lipinski definition) is 3. The van der Waals surface area contributed by atoms with E-state index < -0.39 is 0 Å². The van der Waals surface area contributed by atoms with Crippen molar-refractivity contribution in [3.05, 3.63) is 0 Å². The molecular formula is C14H29N3. The van der Waals surface area contributed by atoms with Crippen LogP contribution < -0.4 is 5.32 Å². The van der Waals surface area contributed by atoms with E-state index in [2.05, 4.69) is 37.3 Å². The summed E-state index contributed by atoms with van der Waals surface area (Å²) in [6.45, 7) is 8.47. The molecule has 3 nitrogen and oxygen atoms in total. The molecular weight excluding hydrogens is 210 g/mol. The predicted molar refractivity (Wildman–Crippen MR) is 73.9 cm³/mol. The van der Waals surface area contributed by atoms with Gasteiger partial charge in [-0.2, -0.15) is 5.26 Å². The molecule has 0 aromatic rings. The summed E-state index contributed by atoms with van der Waals surface area (Å²) in [7, 11) is 4.22. The van der Waals surface area contributed by atoms with E-state index in [0.29, 0.717) is 6.04 Å². The predicted octanol–water partition coefficient (Wildman–Crippen LogP) is 2.64. The smallest absolute Gasteiger partial charge is 0.0683 e. The summed E-state index contributed by atoms with van der Waals surface area (Å²) in [6.07, 6.45) is 4.49. The van der Waals surface area contributed by atoms with Gasteiger partial charge in [0.15, 0.2) is 0 Å². The highest BCUT2D eigenvalue weighted by Gasteiger charge is 2.15. The lowest BCUT2D eigenvalue weighted by atomic mass is 9.89. The van der Waals surface area contributed by atoms with Crippen LogP contribution in [-0.2, 0) is 0 Å². The first-order chi connectivity index (χ1) is 7.87. The fraction of sp³-hybridized carbons (Fsp3) is 0.929. The summed E-state index contributed by atoms with van der Waals surface area (Å²) in [5, 5.41) is 12.4. The zero-order valence-electron chi connectivity index (χ0n) is 12.2. The monoisotopic (exact) mass is 239 g/mol. The van der Waals surface area contributed by atoms with Gasteiger partial charge < -0.3 is 10.2 Å². The van der Waals surface area contributed by atoms with E-state index in [1.807, 2.05) is 13.8 Å². The van der Waals surface area contributed by atoms with Crippen molar-refractivity contribution >= 4 is 0 Å². The van der Waals surface area contributed by atoms with Gasteiger partial charge in [0.2, 0.25) is 0 Å². The quantitative estimate of drug-likeness (QED) is 0.629. The third-order valence-electron chi connectivity index (χ3n) is 3.03. The molecule has 0 aliphatic rings. The largest absolute Gasteiger partial charge is 0.314 e. The van der Waals surface area contributed by atoms with Crippen molar-refractivity contribution < 1.29 is 0 Å². The molecule has 3 heteroatoms. The second-order valence-electron chi connectivity index (χ2n) is 5.90. The van der Waals surface area contributed by atoms with Crippen LogP contribution in [0.5, 0.6) is 0 Å². The summed E-state index contributed by atoms with van der Waals surface area (Å²) in [5.41, 5.74) is -0.156. The summed E-state index contributed by atoms with van der Waals surface area (Å²) in [5.74, 6) is 0. The number of nitriles is 1. The van der Waals surface area contributed by atoms with Gasteiger partial charge in [-0.05, 0) is 67.2 Å². The Hall–Kier alpha value is -0.590. The van der Waals surface area contributed by atoms with Gasteiger partial charge in [0.05, 0.1) is 11.5 Å². The summed E-state index contributed by atoms with van der Waals surface area (Å²) in [4.78, 5) is 2.22. The fourth-order valence-electron chi connectivity index (χ4n) is 1.65. The molecule has 1 N–H and O–H groups in total. The van der Waals surface area contributed by atoms with E-state index >= 15 is 0 Å². The Bertz CT molecular complexity index is 228. The van der Waals surface area contributed by atoms with Gasteiger partial charge in [-0.25, -0.2) is 0 Å². The van der Waals surface area contributed by atoms with Crippen molar-refractivity contribution in [3.63, 3.8) is 0 Å². The third-order valence-corrected chi connectivity index (χ3v) is 3.03. The number of nitrogens with zero attached hydrogens (tertiary/aromatic N) is 2. The average Bonchev–Trinajstić information content (AvgIpc) is 2.25. The topological polar surface area (TPSA) is 39.1 Å². The molecule has 0 aromatic heterocycles. The van der Waals surface area contributed by atoms with Crippen molar-refractivity contribution in [1.82, 2.24) is 10.2 Å². The molecule has 0 aliphatic carbocycles. The van der Waals surface area contributed by atoms with Crippen molar-refractivity contribution in [2.45, 2.75) is 52.5 Å². The molecule has 0 bridgehead atoms.